The molecule has 81 valence electrons. The summed E-state index contributed by atoms with van der Waals surface area (Å²) in [5.41, 5.74) is 0. The summed E-state index contributed by atoms with van der Waals surface area (Å²) in [6.07, 6.45) is 22.3. The molecule has 0 radical (unpaired) electrons. The van der Waals surface area contributed by atoms with Crippen molar-refractivity contribution in [1.29, 1.82) is 0 Å². The van der Waals surface area contributed by atoms with Crippen molar-refractivity contribution in [1.82, 2.24) is 0 Å². The molecule has 0 spiro atoms. The number of hydrogen-bond acceptors (Lipinski definition) is 0. The summed E-state index contributed by atoms with van der Waals surface area (Å²) < 4.78 is 4.68. The molecule has 0 nitrogen and oxygen atoms in total. The van der Waals surface area contributed by atoms with Gasteiger partial charge >= 0.3 is 104 Å². The second kappa shape index (κ2) is 6.03. The topological polar surface area (TPSA) is 0 Å². The first-order chi connectivity index (χ1) is 7.92. The van der Waals surface area contributed by atoms with Gasteiger partial charge in [0.25, 0.3) is 0 Å². The fourth-order valence-electron chi connectivity index (χ4n) is 2.09. The van der Waals surface area contributed by atoms with E-state index in [2.05, 4.69) is 55.2 Å². The molecular formula is C15H17Ti. The molecule has 0 heterocycles. The molecule has 0 N–H and O–H groups in total. The van der Waals surface area contributed by atoms with Crippen LogP contribution in [-0.2, 0) is 17.9 Å². The maximum atomic E-state index is 3.73. The van der Waals surface area contributed by atoms with E-state index in [1.807, 2.05) is 6.08 Å². The van der Waals surface area contributed by atoms with Crippen molar-refractivity contribution < 1.29 is 17.9 Å². The molecule has 2 aliphatic rings. The van der Waals surface area contributed by atoms with Crippen LogP contribution in [0.4, 0.5) is 0 Å². The maximum absolute atomic E-state index is 3.73. The van der Waals surface area contributed by atoms with E-state index < -0.39 is 17.9 Å². The second-order valence-electron chi connectivity index (χ2n) is 3.99. The van der Waals surface area contributed by atoms with E-state index in [0.717, 1.165) is 0 Å². The summed E-state index contributed by atoms with van der Waals surface area (Å²) in [6.45, 7) is 3.73. The molecule has 0 bridgehead atoms. The quantitative estimate of drug-likeness (QED) is 0.495. The van der Waals surface area contributed by atoms with E-state index in [9.17, 15) is 0 Å². The van der Waals surface area contributed by atoms with E-state index in [0.29, 0.717) is 0 Å². The second-order valence-corrected chi connectivity index (χ2v) is 8.13. The first kappa shape index (κ1) is 11.6. The van der Waals surface area contributed by atoms with E-state index in [1.54, 1.807) is 7.76 Å². The van der Waals surface area contributed by atoms with Gasteiger partial charge in [0.1, 0.15) is 0 Å². The molecule has 2 aliphatic carbocycles. The molecule has 2 rings (SSSR count). The zero-order valence-electron chi connectivity index (χ0n) is 9.52. The molecule has 0 saturated carbocycles. The number of hydrogen-bond donors (Lipinski definition) is 0. The first-order valence-electron chi connectivity index (χ1n) is 5.77. The summed E-state index contributed by atoms with van der Waals surface area (Å²) in [5, 5.41) is 0. The van der Waals surface area contributed by atoms with E-state index in [4.69, 9.17) is 0 Å². The third kappa shape index (κ3) is 2.84. The van der Waals surface area contributed by atoms with Crippen molar-refractivity contribution in [3.05, 3.63) is 69.0 Å². The monoisotopic (exact) mass is 245 g/mol. The van der Waals surface area contributed by atoms with E-state index >= 15 is 0 Å². The van der Waals surface area contributed by atoms with Crippen LogP contribution < -0.4 is 0 Å². The van der Waals surface area contributed by atoms with Crippen LogP contribution in [0.25, 0.3) is 0 Å². The standard InChI is InChI=1S/2C5H5.C5H7.Ti/c2*1-2-4-5-3-1;1-3-5-4-2;/h2*1-3H,4H2;3-5H,1-2H2;. The Kier molecular flexibility index (Phi) is 4.38. The minimum atomic E-state index is -1.21. The molecule has 0 aromatic heterocycles. The van der Waals surface area contributed by atoms with Crippen LogP contribution in [0.2, 0.25) is 4.73 Å². The summed E-state index contributed by atoms with van der Waals surface area (Å²) in [7, 11) is 0. The van der Waals surface area contributed by atoms with Crippen molar-refractivity contribution in [2.24, 2.45) is 0 Å². The Morgan fingerprint density at radius 3 is 2.19 bits per heavy atom. The fourth-order valence-corrected chi connectivity index (χ4v) is 6.20. The Labute approximate surface area is 104 Å². The summed E-state index contributed by atoms with van der Waals surface area (Å²) >= 11 is -1.21. The zero-order chi connectivity index (χ0) is 11.2. The van der Waals surface area contributed by atoms with Crippen LogP contribution in [0.1, 0.15) is 12.8 Å². The van der Waals surface area contributed by atoms with Gasteiger partial charge in [-0.05, 0) is 0 Å². The van der Waals surface area contributed by atoms with Crippen molar-refractivity contribution >= 4 is 0 Å². The van der Waals surface area contributed by atoms with Crippen LogP contribution in [0.5, 0.6) is 0 Å². The van der Waals surface area contributed by atoms with Crippen molar-refractivity contribution in [2.45, 2.75) is 17.6 Å². The van der Waals surface area contributed by atoms with Gasteiger partial charge < -0.3 is 0 Å². The minimum absolute atomic E-state index is 1.19. The van der Waals surface area contributed by atoms with E-state index in [1.165, 1.54) is 17.6 Å². The predicted octanol–water partition coefficient (Wildman–Crippen LogP) is 4.45. The van der Waals surface area contributed by atoms with E-state index in [-0.39, 0.29) is 0 Å². The van der Waals surface area contributed by atoms with Gasteiger partial charge in [-0.15, -0.1) is 0 Å². The molecule has 0 unspecified atom stereocenters. The Morgan fingerprint density at radius 2 is 1.75 bits per heavy atom. The first-order valence-corrected chi connectivity index (χ1v) is 8.44. The molecule has 0 aromatic rings. The van der Waals surface area contributed by atoms with Gasteiger partial charge in [-0.1, -0.05) is 0 Å². The Hall–Kier alpha value is -0.846. The molecule has 16 heavy (non-hydrogen) atoms. The van der Waals surface area contributed by atoms with Gasteiger partial charge in [-0.25, -0.2) is 0 Å². The molecule has 0 aliphatic heterocycles. The molecule has 0 amide bonds. The molecular weight excluding hydrogens is 228 g/mol. The average Bonchev–Trinajstić information content (AvgIpc) is 2.97. The van der Waals surface area contributed by atoms with Crippen LogP contribution in [-0.4, -0.2) is 0 Å². The Morgan fingerprint density at radius 1 is 1.12 bits per heavy atom. The zero-order valence-corrected chi connectivity index (χ0v) is 11.1. The number of rotatable bonds is 5. The number of allylic oxidation sites excluding steroid dienone is 11. The molecule has 0 atom stereocenters. The molecule has 0 fully saturated rings. The van der Waals surface area contributed by atoms with Gasteiger partial charge in [0.05, 0.1) is 0 Å². The SMILES string of the molecule is C=CC=C[CH2][Ti]([C]1=CC=CC1)[C]1=CC=CC1. The molecule has 0 aromatic carbocycles. The van der Waals surface area contributed by atoms with Crippen LogP contribution >= 0.6 is 0 Å². The molecule has 0 saturated heterocycles. The van der Waals surface area contributed by atoms with Crippen molar-refractivity contribution in [3.8, 4) is 0 Å². The fraction of sp³-hybridized carbons (Fsp3) is 0.200. The van der Waals surface area contributed by atoms with Gasteiger partial charge in [-0.2, -0.15) is 0 Å². The third-order valence-corrected chi connectivity index (χ3v) is 7.50. The summed E-state index contributed by atoms with van der Waals surface area (Å²) in [5.74, 6) is 0. The summed E-state index contributed by atoms with van der Waals surface area (Å²) in [6, 6.07) is 0. The van der Waals surface area contributed by atoms with Gasteiger partial charge in [0.15, 0.2) is 0 Å². The Balaban J connectivity index is 2.06. The predicted molar refractivity (Wildman–Crippen MR) is 67.8 cm³/mol. The van der Waals surface area contributed by atoms with Gasteiger partial charge in [0, 0.05) is 0 Å². The van der Waals surface area contributed by atoms with Gasteiger partial charge in [-0.3, -0.25) is 0 Å². The average molecular weight is 245 g/mol. The molecule has 1 heteroatoms. The van der Waals surface area contributed by atoms with Gasteiger partial charge in [0.2, 0.25) is 0 Å². The third-order valence-electron chi connectivity index (χ3n) is 2.91. The normalized spacial score (nSPS) is 18.0. The van der Waals surface area contributed by atoms with Crippen LogP contribution in [0.15, 0.2) is 69.0 Å². The van der Waals surface area contributed by atoms with Crippen LogP contribution in [0, 0.1) is 0 Å². The Bertz CT molecular complexity index is 375. The van der Waals surface area contributed by atoms with Crippen molar-refractivity contribution in [2.75, 3.05) is 0 Å². The van der Waals surface area contributed by atoms with Crippen molar-refractivity contribution in [3.63, 3.8) is 0 Å². The summed E-state index contributed by atoms with van der Waals surface area (Å²) in [4.78, 5) is 0. The van der Waals surface area contributed by atoms with Crippen LogP contribution in [0.3, 0.4) is 0 Å².